The standard InChI is InChI=1S/C18H19NO3/c1-21-15-7-4-5-13(11-15)9-10-19-18(20)17-12-14-6-2-3-8-16(14)22-17/h2-8,11,17H,9-10,12H2,1H3,(H,19,20). The molecule has 4 nitrogen and oxygen atoms in total. The van der Waals surface area contributed by atoms with Gasteiger partial charge in [0.1, 0.15) is 11.5 Å². The van der Waals surface area contributed by atoms with E-state index in [1.54, 1.807) is 7.11 Å². The topological polar surface area (TPSA) is 47.6 Å². The van der Waals surface area contributed by atoms with E-state index < -0.39 is 6.10 Å². The van der Waals surface area contributed by atoms with Gasteiger partial charge < -0.3 is 14.8 Å². The number of rotatable bonds is 5. The Morgan fingerprint density at radius 3 is 2.95 bits per heavy atom. The number of fused-ring (bicyclic) bond motifs is 1. The Kier molecular flexibility index (Phi) is 4.28. The number of para-hydroxylation sites is 1. The van der Waals surface area contributed by atoms with Gasteiger partial charge in [0.2, 0.25) is 0 Å². The third-order valence-corrected chi connectivity index (χ3v) is 3.79. The van der Waals surface area contributed by atoms with Crippen molar-refractivity contribution in [1.82, 2.24) is 5.32 Å². The number of carbonyl (C=O) groups is 1. The summed E-state index contributed by atoms with van der Waals surface area (Å²) in [6, 6.07) is 15.6. The molecule has 1 heterocycles. The number of carbonyl (C=O) groups excluding carboxylic acids is 1. The third-order valence-electron chi connectivity index (χ3n) is 3.79. The first-order valence-corrected chi connectivity index (χ1v) is 7.41. The van der Waals surface area contributed by atoms with E-state index in [0.29, 0.717) is 13.0 Å². The zero-order valence-electron chi connectivity index (χ0n) is 12.5. The summed E-state index contributed by atoms with van der Waals surface area (Å²) in [5.74, 6) is 1.59. The second kappa shape index (κ2) is 6.52. The molecule has 0 saturated carbocycles. The summed E-state index contributed by atoms with van der Waals surface area (Å²) in [5.41, 5.74) is 2.23. The van der Waals surface area contributed by atoms with Crippen molar-refractivity contribution in [3.05, 3.63) is 59.7 Å². The van der Waals surface area contributed by atoms with E-state index in [0.717, 1.165) is 29.0 Å². The van der Waals surface area contributed by atoms with E-state index in [1.807, 2.05) is 48.5 Å². The number of methoxy groups -OCH3 is 1. The van der Waals surface area contributed by atoms with Crippen LogP contribution in [-0.2, 0) is 17.6 Å². The average Bonchev–Trinajstić information content (AvgIpc) is 2.99. The first-order valence-electron chi connectivity index (χ1n) is 7.41. The van der Waals surface area contributed by atoms with Crippen molar-refractivity contribution in [3.63, 3.8) is 0 Å². The Hall–Kier alpha value is -2.49. The fraction of sp³-hybridized carbons (Fsp3) is 0.278. The summed E-state index contributed by atoms with van der Waals surface area (Å²) in [7, 11) is 1.65. The van der Waals surface area contributed by atoms with Crippen LogP contribution in [0.25, 0.3) is 0 Å². The monoisotopic (exact) mass is 297 g/mol. The zero-order valence-corrected chi connectivity index (χ0v) is 12.5. The fourth-order valence-corrected chi connectivity index (χ4v) is 2.60. The van der Waals surface area contributed by atoms with Gasteiger partial charge in [-0.15, -0.1) is 0 Å². The van der Waals surface area contributed by atoms with Crippen LogP contribution in [0, 0.1) is 0 Å². The van der Waals surface area contributed by atoms with Crippen molar-refractivity contribution in [1.29, 1.82) is 0 Å². The molecule has 1 aliphatic heterocycles. The number of hydrogen-bond acceptors (Lipinski definition) is 3. The molecule has 0 saturated heterocycles. The number of hydrogen-bond donors (Lipinski definition) is 1. The second-order valence-electron chi connectivity index (χ2n) is 5.31. The molecule has 114 valence electrons. The molecule has 0 fully saturated rings. The van der Waals surface area contributed by atoms with Gasteiger partial charge in [-0.3, -0.25) is 4.79 Å². The quantitative estimate of drug-likeness (QED) is 0.921. The van der Waals surface area contributed by atoms with Gasteiger partial charge in [-0.1, -0.05) is 30.3 Å². The lowest BCUT2D eigenvalue weighted by Gasteiger charge is -2.11. The second-order valence-corrected chi connectivity index (χ2v) is 5.31. The average molecular weight is 297 g/mol. The molecule has 1 N–H and O–H groups in total. The molecule has 3 rings (SSSR count). The van der Waals surface area contributed by atoms with Crippen molar-refractivity contribution in [2.45, 2.75) is 18.9 Å². The van der Waals surface area contributed by atoms with E-state index in [9.17, 15) is 4.79 Å². The van der Waals surface area contributed by atoms with Crippen LogP contribution < -0.4 is 14.8 Å². The molecule has 22 heavy (non-hydrogen) atoms. The molecule has 1 aliphatic rings. The molecule has 0 spiro atoms. The molecule has 2 aromatic rings. The summed E-state index contributed by atoms with van der Waals surface area (Å²) in [4.78, 5) is 12.2. The molecule has 0 aliphatic carbocycles. The van der Waals surface area contributed by atoms with Gasteiger partial charge in [-0.25, -0.2) is 0 Å². The first-order chi connectivity index (χ1) is 10.8. The lowest BCUT2D eigenvalue weighted by atomic mass is 10.1. The molecule has 1 atom stereocenters. The normalized spacial score (nSPS) is 15.8. The van der Waals surface area contributed by atoms with Crippen molar-refractivity contribution in [2.75, 3.05) is 13.7 Å². The molecule has 4 heteroatoms. The predicted octanol–water partition coefficient (Wildman–Crippen LogP) is 2.36. The molecular formula is C18H19NO3. The number of benzene rings is 2. The van der Waals surface area contributed by atoms with Crippen molar-refractivity contribution in [3.8, 4) is 11.5 Å². The van der Waals surface area contributed by atoms with E-state index in [4.69, 9.17) is 9.47 Å². The summed E-state index contributed by atoms with van der Waals surface area (Å²) in [6.07, 6.45) is 0.992. The van der Waals surface area contributed by atoms with Gasteiger partial charge in [0, 0.05) is 13.0 Å². The van der Waals surface area contributed by atoms with E-state index >= 15 is 0 Å². The Morgan fingerprint density at radius 1 is 1.27 bits per heavy atom. The van der Waals surface area contributed by atoms with Crippen molar-refractivity contribution >= 4 is 5.91 Å². The summed E-state index contributed by atoms with van der Waals surface area (Å²) < 4.78 is 10.9. The Bertz CT molecular complexity index is 644. The maximum atomic E-state index is 12.2. The van der Waals surface area contributed by atoms with Gasteiger partial charge in [0.25, 0.3) is 5.91 Å². The SMILES string of the molecule is COc1cccc(CCNC(=O)C2Cc3ccccc3O2)c1. The van der Waals surface area contributed by atoms with Gasteiger partial charge in [0.05, 0.1) is 7.11 Å². The van der Waals surface area contributed by atoms with Crippen LogP contribution in [0.4, 0.5) is 0 Å². The number of amides is 1. The minimum absolute atomic E-state index is 0.0564. The molecule has 2 aromatic carbocycles. The highest BCUT2D eigenvalue weighted by Gasteiger charge is 2.28. The summed E-state index contributed by atoms with van der Waals surface area (Å²) in [5, 5.41) is 2.94. The highest BCUT2D eigenvalue weighted by atomic mass is 16.5. The van der Waals surface area contributed by atoms with Gasteiger partial charge in [0.15, 0.2) is 6.10 Å². The van der Waals surface area contributed by atoms with Crippen LogP contribution in [0.1, 0.15) is 11.1 Å². The Morgan fingerprint density at radius 2 is 2.14 bits per heavy atom. The minimum atomic E-state index is -0.414. The first kappa shape index (κ1) is 14.4. The summed E-state index contributed by atoms with van der Waals surface area (Å²) in [6.45, 7) is 0.586. The van der Waals surface area contributed by atoms with Crippen LogP contribution in [0.2, 0.25) is 0 Å². The van der Waals surface area contributed by atoms with Crippen LogP contribution in [0.15, 0.2) is 48.5 Å². The Balaban J connectivity index is 1.49. The Labute approximate surface area is 130 Å². The predicted molar refractivity (Wildman–Crippen MR) is 84.3 cm³/mol. The smallest absolute Gasteiger partial charge is 0.261 e. The van der Waals surface area contributed by atoms with Crippen LogP contribution in [0.5, 0.6) is 11.5 Å². The molecule has 0 aromatic heterocycles. The van der Waals surface area contributed by atoms with Crippen LogP contribution in [0.3, 0.4) is 0 Å². The van der Waals surface area contributed by atoms with E-state index in [-0.39, 0.29) is 5.91 Å². The van der Waals surface area contributed by atoms with Crippen molar-refractivity contribution in [2.24, 2.45) is 0 Å². The van der Waals surface area contributed by atoms with Crippen LogP contribution >= 0.6 is 0 Å². The minimum Gasteiger partial charge on any atom is -0.497 e. The fourth-order valence-electron chi connectivity index (χ4n) is 2.60. The molecule has 1 amide bonds. The van der Waals surface area contributed by atoms with Gasteiger partial charge in [-0.05, 0) is 35.7 Å². The maximum absolute atomic E-state index is 12.2. The third kappa shape index (κ3) is 3.22. The zero-order chi connectivity index (χ0) is 15.4. The maximum Gasteiger partial charge on any atom is 0.261 e. The molecule has 0 radical (unpaired) electrons. The van der Waals surface area contributed by atoms with Gasteiger partial charge >= 0.3 is 0 Å². The number of nitrogens with one attached hydrogen (secondary N) is 1. The van der Waals surface area contributed by atoms with E-state index in [1.165, 1.54) is 0 Å². The molecular weight excluding hydrogens is 278 g/mol. The lowest BCUT2D eigenvalue weighted by Crippen LogP contribution is -2.38. The number of ether oxygens (including phenoxy) is 2. The summed E-state index contributed by atoms with van der Waals surface area (Å²) >= 11 is 0. The van der Waals surface area contributed by atoms with Gasteiger partial charge in [-0.2, -0.15) is 0 Å². The van der Waals surface area contributed by atoms with Crippen LogP contribution in [-0.4, -0.2) is 25.7 Å². The van der Waals surface area contributed by atoms with Crippen molar-refractivity contribution < 1.29 is 14.3 Å². The molecule has 1 unspecified atom stereocenters. The molecule has 0 bridgehead atoms. The lowest BCUT2D eigenvalue weighted by molar-refractivity contribution is -0.127. The largest absolute Gasteiger partial charge is 0.497 e. The van der Waals surface area contributed by atoms with E-state index in [2.05, 4.69) is 5.32 Å². The highest BCUT2D eigenvalue weighted by Crippen LogP contribution is 2.28. The highest BCUT2D eigenvalue weighted by molar-refractivity contribution is 5.82.